The fourth-order valence-corrected chi connectivity index (χ4v) is 4.10. The van der Waals surface area contributed by atoms with Crippen LogP contribution >= 0.6 is 0 Å². The molecule has 0 aliphatic rings. The Morgan fingerprint density at radius 3 is 2.49 bits per heavy atom. The van der Waals surface area contributed by atoms with Crippen LogP contribution in [0.1, 0.15) is 27.3 Å². The molecule has 3 aromatic heterocycles. The van der Waals surface area contributed by atoms with Gasteiger partial charge in [-0.05, 0) is 44.5 Å². The molecule has 0 aliphatic heterocycles. The number of hydrogen-bond donors (Lipinski definition) is 0. The Hall–Kier alpha value is -4.28. The number of ketones is 1. The summed E-state index contributed by atoms with van der Waals surface area (Å²) in [5, 5.41) is 0. The van der Waals surface area contributed by atoms with Crippen molar-refractivity contribution >= 4 is 22.9 Å². The summed E-state index contributed by atoms with van der Waals surface area (Å²) in [4.78, 5) is 54.5. The maximum absolute atomic E-state index is 14.1. The van der Waals surface area contributed by atoms with Gasteiger partial charge in [0.1, 0.15) is 12.4 Å². The van der Waals surface area contributed by atoms with Gasteiger partial charge in [-0.2, -0.15) is 0 Å². The van der Waals surface area contributed by atoms with E-state index in [0.717, 1.165) is 9.13 Å². The van der Waals surface area contributed by atoms with Gasteiger partial charge < -0.3 is 13.9 Å². The molecule has 1 aromatic carbocycles. The number of Topliss-reactive ketones (excluding diaryl/α,β-unsaturated/α-hetero) is 1. The molecule has 4 rings (SSSR count). The number of esters is 1. The van der Waals surface area contributed by atoms with Crippen LogP contribution in [-0.4, -0.2) is 41.6 Å². The number of imidazole rings is 1. The summed E-state index contributed by atoms with van der Waals surface area (Å²) in [5.41, 5.74) is 1.63. The summed E-state index contributed by atoms with van der Waals surface area (Å²) in [6, 6.07) is 6.44. The zero-order valence-corrected chi connectivity index (χ0v) is 20.0. The lowest BCUT2D eigenvalue weighted by Crippen LogP contribution is -2.41. The minimum atomic E-state index is -0.909. The number of fused-ring (bicyclic) bond motifs is 1. The van der Waals surface area contributed by atoms with Crippen molar-refractivity contribution in [1.29, 1.82) is 0 Å². The van der Waals surface area contributed by atoms with Crippen LogP contribution in [0.4, 0.5) is 4.39 Å². The van der Waals surface area contributed by atoms with Crippen LogP contribution in [0.25, 0.3) is 16.9 Å². The first-order chi connectivity index (χ1) is 16.5. The zero-order valence-electron chi connectivity index (χ0n) is 20.0. The number of carbonyl (C=O) groups excluding carboxylic acids is 2. The summed E-state index contributed by atoms with van der Waals surface area (Å²) < 4.78 is 24.3. The minimum Gasteiger partial charge on any atom is -0.456 e. The molecule has 0 atom stereocenters. The molecule has 0 unspecified atom stereocenters. The van der Waals surface area contributed by atoms with E-state index < -0.39 is 36.2 Å². The van der Waals surface area contributed by atoms with E-state index in [4.69, 9.17) is 4.74 Å². The molecular formula is C24H24FN5O5. The molecule has 3 heterocycles. The number of halogens is 1. The van der Waals surface area contributed by atoms with Crippen LogP contribution in [0.15, 0.2) is 40.2 Å². The topological polar surface area (TPSA) is 110 Å². The predicted molar refractivity (Wildman–Crippen MR) is 125 cm³/mol. The Balaban J connectivity index is 1.53. The van der Waals surface area contributed by atoms with Crippen LogP contribution in [0.3, 0.4) is 0 Å². The Kier molecular flexibility index (Phi) is 6.01. The van der Waals surface area contributed by atoms with Crippen LogP contribution < -0.4 is 11.2 Å². The standard InChI is InChI=1S/C24H24FN5O5/c1-13-6-7-16(9-18(13)25)30-14(2)8-17(15(30)3)19(31)11-35-20(32)10-29-23(33)21-22(26-12-27(21)4)28(5)24(29)34/h6-9,12H,10-11H2,1-5H3. The quantitative estimate of drug-likeness (QED) is 0.306. The molecule has 0 bridgehead atoms. The molecule has 182 valence electrons. The number of aryl methyl sites for hydroxylation is 4. The highest BCUT2D eigenvalue weighted by Crippen LogP contribution is 2.23. The average molecular weight is 481 g/mol. The van der Waals surface area contributed by atoms with Gasteiger partial charge in [0.05, 0.1) is 6.33 Å². The number of hydrogen-bond acceptors (Lipinski definition) is 6. The second-order valence-electron chi connectivity index (χ2n) is 8.40. The molecule has 0 spiro atoms. The molecule has 0 saturated heterocycles. The van der Waals surface area contributed by atoms with Crippen molar-refractivity contribution in [3.05, 3.63) is 79.8 Å². The first-order valence-electron chi connectivity index (χ1n) is 10.8. The number of ether oxygens (including phenoxy) is 1. The van der Waals surface area contributed by atoms with Crippen molar-refractivity contribution in [2.45, 2.75) is 27.3 Å². The first kappa shape index (κ1) is 23.9. The van der Waals surface area contributed by atoms with Gasteiger partial charge in [-0.15, -0.1) is 0 Å². The van der Waals surface area contributed by atoms with Crippen molar-refractivity contribution < 1.29 is 18.7 Å². The van der Waals surface area contributed by atoms with Gasteiger partial charge in [0.25, 0.3) is 5.56 Å². The number of benzene rings is 1. The van der Waals surface area contributed by atoms with Crippen LogP contribution in [0.2, 0.25) is 0 Å². The number of carbonyl (C=O) groups is 2. The fraction of sp³-hybridized carbons (Fsp3) is 0.292. The largest absolute Gasteiger partial charge is 0.456 e. The van der Waals surface area contributed by atoms with Crippen LogP contribution in [0, 0.1) is 26.6 Å². The highest BCUT2D eigenvalue weighted by atomic mass is 19.1. The van der Waals surface area contributed by atoms with Crippen molar-refractivity contribution in [1.82, 2.24) is 23.3 Å². The van der Waals surface area contributed by atoms with Gasteiger partial charge in [0.15, 0.2) is 17.8 Å². The number of aromatic nitrogens is 5. The van der Waals surface area contributed by atoms with Gasteiger partial charge in [0.2, 0.25) is 5.78 Å². The molecule has 0 fully saturated rings. The lowest BCUT2D eigenvalue weighted by Gasteiger charge is -2.11. The zero-order chi connectivity index (χ0) is 25.6. The summed E-state index contributed by atoms with van der Waals surface area (Å²) in [5.74, 6) is -1.73. The Morgan fingerprint density at radius 1 is 1.09 bits per heavy atom. The maximum Gasteiger partial charge on any atom is 0.333 e. The highest BCUT2D eigenvalue weighted by molar-refractivity contribution is 5.99. The maximum atomic E-state index is 14.1. The van der Waals surface area contributed by atoms with E-state index in [1.165, 1.54) is 24.0 Å². The van der Waals surface area contributed by atoms with Gasteiger partial charge in [-0.1, -0.05) is 6.07 Å². The molecule has 0 saturated carbocycles. The van der Waals surface area contributed by atoms with E-state index in [-0.39, 0.29) is 17.0 Å². The number of rotatable bonds is 6. The van der Waals surface area contributed by atoms with Crippen molar-refractivity contribution in [3.8, 4) is 5.69 Å². The monoisotopic (exact) mass is 481 g/mol. The summed E-state index contributed by atoms with van der Waals surface area (Å²) in [6.45, 7) is 3.93. The summed E-state index contributed by atoms with van der Waals surface area (Å²) in [6.07, 6.45) is 1.40. The van der Waals surface area contributed by atoms with Gasteiger partial charge in [-0.3, -0.25) is 19.0 Å². The number of nitrogens with zero attached hydrogens (tertiary/aromatic N) is 5. The van der Waals surface area contributed by atoms with Gasteiger partial charge >= 0.3 is 11.7 Å². The van der Waals surface area contributed by atoms with Crippen molar-refractivity contribution in [3.63, 3.8) is 0 Å². The lowest BCUT2D eigenvalue weighted by atomic mass is 10.1. The Labute approximate surface area is 198 Å². The van der Waals surface area contributed by atoms with E-state index in [0.29, 0.717) is 28.2 Å². The summed E-state index contributed by atoms with van der Waals surface area (Å²) in [7, 11) is 3.04. The molecule has 0 N–H and O–H groups in total. The third-order valence-corrected chi connectivity index (χ3v) is 6.00. The second kappa shape index (κ2) is 8.82. The lowest BCUT2D eigenvalue weighted by molar-refractivity contribution is -0.143. The van der Waals surface area contributed by atoms with E-state index in [1.54, 1.807) is 50.6 Å². The Bertz CT molecular complexity index is 1620. The average Bonchev–Trinajstić information content (AvgIpc) is 3.34. The van der Waals surface area contributed by atoms with E-state index in [2.05, 4.69) is 4.98 Å². The third-order valence-electron chi connectivity index (χ3n) is 6.00. The normalized spacial score (nSPS) is 11.3. The smallest absolute Gasteiger partial charge is 0.333 e. The second-order valence-corrected chi connectivity index (χ2v) is 8.40. The van der Waals surface area contributed by atoms with Crippen molar-refractivity contribution in [2.24, 2.45) is 14.1 Å². The predicted octanol–water partition coefficient (Wildman–Crippen LogP) is 1.71. The van der Waals surface area contributed by atoms with E-state index >= 15 is 0 Å². The third kappa shape index (κ3) is 4.09. The van der Waals surface area contributed by atoms with E-state index in [9.17, 15) is 23.6 Å². The van der Waals surface area contributed by atoms with E-state index in [1.807, 2.05) is 0 Å². The molecule has 0 aliphatic carbocycles. The molecule has 35 heavy (non-hydrogen) atoms. The van der Waals surface area contributed by atoms with Crippen LogP contribution in [-0.2, 0) is 30.2 Å². The van der Waals surface area contributed by atoms with Gasteiger partial charge in [-0.25, -0.2) is 18.7 Å². The molecule has 4 aromatic rings. The fourth-order valence-electron chi connectivity index (χ4n) is 4.10. The first-order valence-corrected chi connectivity index (χ1v) is 10.8. The molecule has 0 amide bonds. The Morgan fingerprint density at radius 2 is 1.80 bits per heavy atom. The molecular weight excluding hydrogens is 457 g/mol. The summed E-state index contributed by atoms with van der Waals surface area (Å²) >= 11 is 0. The van der Waals surface area contributed by atoms with Gasteiger partial charge in [0, 0.05) is 36.7 Å². The molecule has 0 radical (unpaired) electrons. The molecule has 11 heteroatoms. The minimum absolute atomic E-state index is 0.163. The SMILES string of the molecule is Cc1ccc(-n2c(C)cc(C(=O)COC(=O)Cn3c(=O)c4c(ncn4C)n(C)c3=O)c2C)cc1F. The van der Waals surface area contributed by atoms with Crippen molar-refractivity contribution in [2.75, 3.05) is 6.61 Å². The van der Waals surface area contributed by atoms with Crippen LogP contribution in [0.5, 0.6) is 0 Å². The highest BCUT2D eigenvalue weighted by Gasteiger charge is 2.21. The molecule has 10 nitrogen and oxygen atoms in total.